The van der Waals surface area contributed by atoms with E-state index in [1.807, 2.05) is 0 Å². The van der Waals surface area contributed by atoms with Crippen molar-refractivity contribution < 1.29 is 15.0 Å². The first kappa shape index (κ1) is 15.4. The van der Waals surface area contributed by atoms with E-state index in [0.717, 1.165) is 6.54 Å². The molecular formula is C12H18ClNO3S. The summed E-state index contributed by atoms with van der Waals surface area (Å²) >= 11 is 1.73. The van der Waals surface area contributed by atoms with Crippen LogP contribution >= 0.6 is 23.7 Å². The lowest BCUT2D eigenvalue weighted by Crippen LogP contribution is -2.49. The van der Waals surface area contributed by atoms with Gasteiger partial charge in [0.05, 0.1) is 0 Å². The van der Waals surface area contributed by atoms with Crippen molar-refractivity contribution in [2.45, 2.75) is 31.9 Å². The molecule has 18 heavy (non-hydrogen) atoms. The Morgan fingerprint density at radius 3 is 2.56 bits per heavy atom. The van der Waals surface area contributed by atoms with Crippen LogP contribution in [0.4, 0.5) is 0 Å². The largest absolute Gasteiger partial charge is 0.479 e. The summed E-state index contributed by atoms with van der Waals surface area (Å²) in [5.41, 5.74) is -0.227. The molecule has 1 aromatic rings. The third-order valence-corrected chi connectivity index (χ3v) is 4.42. The molecule has 1 saturated heterocycles. The molecule has 0 spiro atoms. The van der Waals surface area contributed by atoms with Gasteiger partial charge in [-0.25, -0.2) is 4.79 Å². The van der Waals surface area contributed by atoms with Crippen LogP contribution in [-0.4, -0.2) is 39.8 Å². The summed E-state index contributed by atoms with van der Waals surface area (Å²) in [6.07, 6.45) is 0.625. The summed E-state index contributed by atoms with van der Waals surface area (Å²) in [7, 11) is 0. The van der Waals surface area contributed by atoms with E-state index in [9.17, 15) is 9.90 Å². The number of hydrogen-bond acceptors (Lipinski definition) is 4. The first-order valence-corrected chi connectivity index (χ1v) is 6.60. The Bertz CT molecular complexity index is 413. The van der Waals surface area contributed by atoms with Crippen molar-refractivity contribution in [3.63, 3.8) is 0 Å². The van der Waals surface area contributed by atoms with Crippen molar-refractivity contribution in [3.05, 3.63) is 21.9 Å². The summed E-state index contributed by atoms with van der Waals surface area (Å²) in [4.78, 5) is 14.4. The fourth-order valence-electron chi connectivity index (χ4n) is 2.06. The molecule has 0 aromatic carbocycles. The zero-order valence-electron chi connectivity index (χ0n) is 10.3. The van der Waals surface area contributed by atoms with E-state index in [1.165, 1.54) is 10.4 Å². The molecule has 0 radical (unpaired) electrons. The minimum atomic E-state index is -1.51. The Hall–Kier alpha value is -0.620. The zero-order chi connectivity index (χ0) is 12.5. The Labute approximate surface area is 117 Å². The minimum Gasteiger partial charge on any atom is -0.479 e. The first-order valence-electron chi connectivity index (χ1n) is 5.72. The standard InChI is InChI=1S/C12H17NO3S.ClH/c1-9-2-7-17-10(9)8-13-5-3-12(16,4-6-13)11(14)15;/h2,7,16H,3-6,8H2,1H3,(H,14,15);1H. The number of carbonyl (C=O) groups is 1. The Balaban J connectivity index is 0.00000162. The molecule has 1 aliphatic heterocycles. The number of likely N-dealkylation sites (tertiary alicyclic amines) is 1. The molecule has 0 amide bonds. The lowest BCUT2D eigenvalue weighted by Gasteiger charge is -2.35. The van der Waals surface area contributed by atoms with Crippen LogP contribution in [-0.2, 0) is 11.3 Å². The van der Waals surface area contributed by atoms with Gasteiger partial charge in [-0.1, -0.05) is 0 Å². The Kier molecular flexibility index (Phi) is 5.16. The van der Waals surface area contributed by atoms with Gasteiger partial charge in [0.1, 0.15) is 0 Å². The monoisotopic (exact) mass is 291 g/mol. The molecule has 0 saturated carbocycles. The number of carboxylic acid groups (broad SMARTS) is 1. The van der Waals surface area contributed by atoms with Crippen molar-refractivity contribution in [1.82, 2.24) is 4.90 Å². The van der Waals surface area contributed by atoms with Gasteiger partial charge in [-0.3, -0.25) is 4.90 Å². The molecule has 0 bridgehead atoms. The average Bonchev–Trinajstić information content (AvgIpc) is 2.68. The number of aliphatic carboxylic acids is 1. The van der Waals surface area contributed by atoms with Crippen molar-refractivity contribution >= 4 is 29.7 Å². The van der Waals surface area contributed by atoms with Gasteiger partial charge in [-0.2, -0.15) is 0 Å². The lowest BCUT2D eigenvalue weighted by molar-refractivity contribution is -0.163. The molecule has 4 nitrogen and oxygen atoms in total. The van der Waals surface area contributed by atoms with Crippen molar-refractivity contribution in [2.24, 2.45) is 0 Å². The van der Waals surface area contributed by atoms with Gasteiger partial charge >= 0.3 is 5.97 Å². The number of carboxylic acids is 1. The molecule has 102 valence electrons. The van der Waals surface area contributed by atoms with Crippen LogP contribution in [0, 0.1) is 6.92 Å². The molecule has 2 N–H and O–H groups in total. The van der Waals surface area contributed by atoms with Gasteiger partial charge in [0.15, 0.2) is 5.60 Å². The second-order valence-corrected chi connectivity index (χ2v) is 5.64. The second kappa shape index (κ2) is 6.02. The number of aliphatic hydroxyl groups is 1. The van der Waals surface area contributed by atoms with Crippen LogP contribution in [0.1, 0.15) is 23.3 Å². The fraction of sp³-hybridized carbons (Fsp3) is 0.583. The number of aryl methyl sites for hydroxylation is 1. The number of hydrogen-bond donors (Lipinski definition) is 2. The summed E-state index contributed by atoms with van der Waals surface area (Å²) < 4.78 is 0. The van der Waals surface area contributed by atoms with Crippen LogP contribution in [0.2, 0.25) is 0 Å². The van der Waals surface area contributed by atoms with Crippen molar-refractivity contribution in [3.8, 4) is 0 Å². The van der Waals surface area contributed by atoms with Gasteiger partial charge in [0.2, 0.25) is 0 Å². The molecule has 1 aromatic heterocycles. The second-order valence-electron chi connectivity index (χ2n) is 4.64. The van der Waals surface area contributed by atoms with Crippen LogP contribution < -0.4 is 0 Å². The van der Waals surface area contributed by atoms with Crippen LogP contribution in [0.15, 0.2) is 11.4 Å². The summed E-state index contributed by atoms with van der Waals surface area (Å²) in [5.74, 6) is -1.09. The molecule has 6 heteroatoms. The van der Waals surface area contributed by atoms with Crippen molar-refractivity contribution in [1.29, 1.82) is 0 Å². The first-order chi connectivity index (χ1) is 8.01. The molecule has 0 aliphatic carbocycles. The Morgan fingerprint density at radius 1 is 1.50 bits per heavy atom. The minimum absolute atomic E-state index is 0. The topological polar surface area (TPSA) is 60.8 Å². The van der Waals surface area contributed by atoms with Crippen molar-refractivity contribution in [2.75, 3.05) is 13.1 Å². The summed E-state index contributed by atoms with van der Waals surface area (Å²) in [6.45, 7) is 4.23. The SMILES string of the molecule is Cc1ccsc1CN1CCC(O)(C(=O)O)CC1.Cl. The molecule has 0 atom stereocenters. The van der Waals surface area contributed by atoms with Crippen LogP contribution in [0.3, 0.4) is 0 Å². The van der Waals surface area contributed by atoms with E-state index < -0.39 is 11.6 Å². The van der Waals surface area contributed by atoms with E-state index in [4.69, 9.17) is 5.11 Å². The Morgan fingerprint density at radius 2 is 2.11 bits per heavy atom. The highest BCUT2D eigenvalue weighted by atomic mass is 35.5. The maximum atomic E-state index is 10.9. The maximum Gasteiger partial charge on any atom is 0.335 e. The third kappa shape index (κ3) is 3.23. The molecule has 0 unspecified atom stereocenters. The number of thiophene rings is 1. The number of piperidine rings is 1. The predicted molar refractivity (Wildman–Crippen MR) is 73.4 cm³/mol. The molecule has 2 heterocycles. The van der Waals surface area contributed by atoms with E-state index in [0.29, 0.717) is 25.9 Å². The highest BCUT2D eigenvalue weighted by molar-refractivity contribution is 7.10. The number of halogens is 1. The molecular weight excluding hydrogens is 274 g/mol. The van der Waals surface area contributed by atoms with E-state index >= 15 is 0 Å². The highest BCUT2D eigenvalue weighted by Crippen LogP contribution is 2.25. The summed E-state index contributed by atoms with van der Waals surface area (Å²) in [6, 6.07) is 2.09. The average molecular weight is 292 g/mol. The smallest absolute Gasteiger partial charge is 0.335 e. The van der Waals surface area contributed by atoms with Gasteiger partial charge in [-0.05, 0) is 36.8 Å². The predicted octanol–water partition coefficient (Wildman–Crippen LogP) is 1.89. The number of nitrogens with zero attached hydrogens (tertiary/aromatic N) is 1. The van der Waals surface area contributed by atoms with E-state index in [1.54, 1.807) is 11.3 Å². The molecule has 2 rings (SSSR count). The number of rotatable bonds is 3. The van der Waals surface area contributed by atoms with Gasteiger partial charge in [0.25, 0.3) is 0 Å². The third-order valence-electron chi connectivity index (χ3n) is 3.42. The maximum absolute atomic E-state index is 10.9. The van der Waals surface area contributed by atoms with Gasteiger partial charge in [-0.15, -0.1) is 23.7 Å². The zero-order valence-corrected chi connectivity index (χ0v) is 11.9. The lowest BCUT2D eigenvalue weighted by atomic mass is 9.91. The van der Waals surface area contributed by atoms with Crippen LogP contribution in [0.5, 0.6) is 0 Å². The fourth-order valence-corrected chi connectivity index (χ4v) is 3.01. The van der Waals surface area contributed by atoms with E-state index in [2.05, 4.69) is 23.3 Å². The van der Waals surface area contributed by atoms with Gasteiger partial charge in [0, 0.05) is 24.5 Å². The van der Waals surface area contributed by atoms with E-state index in [-0.39, 0.29) is 12.4 Å². The van der Waals surface area contributed by atoms with Gasteiger partial charge < -0.3 is 10.2 Å². The highest BCUT2D eigenvalue weighted by Gasteiger charge is 2.39. The normalized spacial score (nSPS) is 19.2. The van der Waals surface area contributed by atoms with Crippen LogP contribution in [0.25, 0.3) is 0 Å². The molecule has 1 fully saturated rings. The quantitative estimate of drug-likeness (QED) is 0.893. The molecule has 1 aliphatic rings. The summed E-state index contributed by atoms with van der Waals surface area (Å²) in [5, 5.41) is 20.8.